The van der Waals surface area contributed by atoms with Crippen LogP contribution in [0.1, 0.15) is 18.4 Å². The van der Waals surface area contributed by atoms with Gasteiger partial charge in [-0.25, -0.2) is 0 Å². The quantitative estimate of drug-likeness (QED) is 0.422. The van der Waals surface area contributed by atoms with Crippen LogP contribution in [0.4, 0.5) is 5.69 Å². The van der Waals surface area contributed by atoms with Crippen molar-refractivity contribution in [3.8, 4) is 0 Å². The first-order valence-electron chi connectivity index (χ1n) is 6.25. The Morgan fingerprint density at radius 1 is 1.50 bits per heavy atom. The largest absolute Gasteiger partial charge is 0.295 e. The van der Waals surface area contributed by atoms with E-state index in [1.807, 2.05) is 12.1 Å². The van der Waals surface area contributed by atoms with Crippen LogP contribution in [0.3, 0.4) is 0 Å². The van der Waals surface area contributed by atoms with E-state index in [9.17, 15) is 10.1 Å². The van der Waals surface area contributed by atoms with Crippen molar-refractivity contribution in [3.63, 3.8) is 0 Å². The van der Waals surface area contributed by atoms with Gasteiger partial charge in [-0.2, -0.15) is 0 Å². The van der Waals surface area contributed by atoms with E-state index in [4.69, 9.17) is 0 Å². The number of hydrogen-bond acceptors (Lipinski definition) is 3. The molecule has 0 atom stereocenters. The maximum Gasteiger partial charge on any atom is 0.269 e. The molecule has 0 aromatic heterocycles. The van der Waals surface area contributed by atoms with E-state index in [-0.39, 0.29) is 10.6 Å². The first kappa shape index (κ1) is 12.8. The Balaban J connectivity index is 2.02. The lowest BCUT2D eigenvalue weighted by atomic mass is 10.2. The van der Waals surface area contributed by atoms with Crippen LogP contribution in [0.5, 0.6) is 0 Å². The second-order valence-corrected chi connectivity index (χ2v) is 4.85. The topological polar surface area (TPSA) is 46.4 Å². The van der Waals surface area contributed by atoms with Gasteiger partial charge in [0.1, 0.15) is 0 Å². The average molecular weight is 246 g/mol. The molecule has 0 spiro atoms. The van der Waals surface area contributed by atoms with Crippen molar-refractivity contribution in [3.05, 3.63) is 52.6 Å². The van der Waals surface area contributed by atoms with E-state index in [2.05, 4.69) is 11.5 Å². The van der Waals surface area contributed by atoms with Crippen LogP contribution in [0.2, 0.25) is 0 Å². The van der Waals surface area contributed by atoms with Crippen LogP contribution in [0, 0.1) is 16.0 Å². The lowest BCUT2D eigenvalue weighted by Crippen LogP contribution is -2.25. The highest BCUT2D eigenvalue weighted by molar-refractivity contribution is 5.34. The Kier molecular flexibility index (Phi) is 4.10. The number of nitro benzene ring substituents is 1. The van der Waals surface area contributed by atoms with Gasteiger partial charge in [0.25, 0.3) is 5.69 Å². The molecule has 1 saturated carbocycles. The summed E-state index contributed by atoms with van der Waals surface area (Å²) in [7, 11) is 0. The molecular weight excluding hydrogens is 228 g/mol. The third-order valence-electron chi connectivity index (χ3n) is 3.13. The highest BCUT2D eigenvalue weighted by atomic mass is 16.6. The maximum absolute atomic E-state index is 10.7. The normalized spacial score (nSPS) is 14.7. The summed E-state index contributed by atoms with van der Waals surface area (Å²) in [4.78, 5) is 12.7. The molecule has 1 fully saturated rings. The molecule has 0 N–H and O–H groups in total. The Bertz CT molecular complexity index is 441. The van der Waals surface area contributed by atoms with E-state index in [1.54, 1.807) is 12.1 Å². The van der Waals surface area contributed by atoms with E-state index < -0.39 is 0 Å². The minimum absolute atomic E-state index is 0.164. The summed E-state index contributed by atoms with van der Waals surface area (Å²) in [6.07, 6.45) is 4.50. The summed E-state index contributed by atoms with van der Waals surface area (Å²) in [5.41, 5.74) is 1.16. The van der Waals surface area contributed by atoms with Gasteiger partial charge in [-0.3, -0.25) is 15.0 Å². The zero-order chi connectivity index (χ0) is 13.0. The van der Waals surface area contributed by atoms with Gasteiger partial charge in [0.15, 0.2) is 0 Å². The van der Waals surface area contributed by atoms with Gasteiger partial charge in [0.2, 0.25) is 0 Å². The highest BCUT2D eigenvalue weighted by Crippen LogP contribution is 2.30. The fourth-order valence-electron chi connectivity index (χ4n) is 2.08. The predicted octanol–water partition coefficient (Wildman–Crippen LogP) is 2.99. The van der Waals surface area contributed by atoms with Crippen LogP contribution in [-0.2, 0) is 6.54 Å². The molecule has 0 aliphatic heterocycles. The Hall–Kier alpha value is -1.68. The molecule has 0 unspecified atom stereocenters. The third-order valence-corrected chi connectivity index (χ3v) is 3.13. The van der Waals surface area contributed by atoms with Gasteiger partial charge >= 0.3 is 0 Å². The lowest BCUT2D eigenvalue weighted by molar-refractivity contribution is -0.384. The summed E-state index contributed by atoms with van der Waals surface area (Å²) in [6, 6.07) is 6.87. The van der Waals surface area contributed by atoms with Gasteiger partial charge in [-0.1, -0.05) is 18.2 Å². The summed E-state index contributed by atoms with van der Waals surface area (Å²) in [6.45, 7) is 6.42. The van der Waals surface area contributed by atoms with Gasteiger partial charge in [-0.15, -0.1) is 6.58 Å². The Morgan fingerprint density at radius 2 is 2.28 bits per heavy atom. The molecule has 4 nitrogen and oxygen atoms in total. The fraction of sp³-hybridized carbons (Fsp3) is 0.429. The van der Waals surface area contributed by atoms with Crippen LogP contribution in [0.15, 0.2) is 36.9 Å². The number of benzene rings is 1. The van der Waals surface area contributed by atoms with Gasteiger partial charge in [0, 0.05) is 31.8 Å². The molecule has 1 aliphatic carbocycles. The third kappa shape index (κ3) is 3.67. The smallest absolute Gasteiger partial charge is 0.269 e. The average Bonchev–Trinajstić information content (AvgIpc) is 3.13. The monoisotopic (exact) mass is 246 g/mol. The number of nitro groups is 1. The molecule has 0 heterocycles. The van der Waals surface area contributed by atoms with E-state index in [0.29, 0.717) is 0 Å². The lowest BCUT2D eigenvalue weighted by Gasteiger charge is -2.20. The Labute approximate surface area is 107 Å². The molecule has 18 heavy (non-hydrogen) atoms. The van der Waals surface area contributed by atoms with Crippen LogP contribution < -0.4 is 0 Å². The van der Waals surface area contributed by atoms with Crippen LogP contribution >= 0.6 is 0 Å². The van der Waals surface area contributed by atoms with Crippen LogP contribution in [-0.4, -0.2) is 22.9 Å². The highest BCUT2D eigenvalue weighted by Gasteiger charge is 2.23. The minimum Gasteiger partial charge on any atom is -0.295 e. The van der Waals surface area contributed by atoms with Crippen molar-refractivity contribution >= 4 is 5.69 Å². The number of hydrogen-bond donors (Lipinski definition) is 0. The molecule has 96 valence electrons. The number of rotatable bonds is 7. The van der Waals surface area contributed by atoms with E-state index in [0.717, 1.165) is 31.1 Å². The molecule has 0 bridgehead atoms. The van der Waals surface area contributed by atoms with Crippen molar-refractivity contribution in [2.24, 2.45) is 5.92 Å². The first-order chi connectivity index (χ1) is 8.69. The van der Waals surface area contributed by atoms with Crippen molar-refractivity contribution in [2.75, 3.05) is 13.1 Å². The number of non-ortho nitro benzene ring substituents is 1. The Morgan fingerprint density at radius 3 is 2.89 bits per heavy atom. The zero-order valence-corrected chi connectivity index (χ0v) is 10.4. The van der Waals surface area contributed by atoms with Gasteiger partial charge in [-0.05, 0) is 24.3 Å². The van der Waals surface area contributed by atoms with Crippen LogP contribution in [0.25, 0.3) is 0 Å². The standard InChI is InChI=1S/C14H18N2O2/c1-2-8-15(10-12-6-7-12)11-13-4-3-5-14(9-13)16(17)18/h2-5,9,12H,1,6-8,10-11H2. The molecular formula is C14H18N2O2. The second-order valence-electron chi connectivity index (χ2n) is 4.85. The van der Waals surface area contributed by atoms with Crippen molar-refractivity contribution < 1.29 is 4.92 Å². The number of nitrogens with zero attached hydrogens (tertiary/aromatic N) is 2. The van der Waals surface area contributed by atoms with E-state index in [1.165, 1.54) is 18.9 Å². The minimum atomic E-state index is -0.345. The molecule has 0 amide bonds. The van der Waals surface area contributed by atoms with Crippen molar-refractivity contribution in [1.82, 2.24) is 4.90 Å². The molecule has 0 radical (unpaired) electrons. The summed E-state index contributed by atoms with van der Waals surface area (Å²) in [5, 5.41) is 10.7. The first-order valence-corrected chi connectivity index (χ1v) is 6.25. The molecule has 1 aromatic carbocycles. The fourth-order valence-corrected chi connectivity index (χ4v) is 2.08. The summed E-state index contributed by atoms with van der Waals surface area (Å²) >= 11 is 0. The summed E-state index contributed by atoms with van der Waals surface area (Å²) in [5.74, 6) is 0.809. The molecule has 4 heteroatoms. The molecule has 0 saturated heterocycles. The predicted molar refractivity (Wildman–Crippen MR) is 71.3 cm³/mol. The van der Waals surface area contributed by atoms with Gasteiger partial charge < -0.3 is 0 Å². The SMILES string of the molecule is C=CCN(Cc1cccc([N+](=O)[O-])c1)CC1CC1. The molecule has 1 aromatic rings. The molecule has 2 rings (SSSR count). The van der Waals surface area contributed by atoms with Gasteiger partial charge in [0.05, 0.1) is 4.92 Å². The van der Waals surface area contributed by atoms with Crippen molar-refractivity contribution in [1.29, 1.82) is 0 Å². The second kappa shape index (κ2) is 5.78. The maximum atomic E-state index is 10.7. The molecule has 1 aliphatic rings. The summed E-state index contributed by atoms with van der Waals surface area (Å²) < 4.78 is 0. The zero-order valence-electron chi connectivity index (χ0n) is 10.4. The van der Waals surface area contributed by atoms with E-state index >= 15 is 0 Å². The van der Waals surface area contributed by atoms with Crippen molar-refractivity contribution in [2.45, 2.75) is 19.4 Å².